The zero-order valence-corrected chi connectivity index (χ0v) is 18.6. The predicted octanol–water partition coefficient (Wildman–Crippen LogP) is 3.85. The quantitative estimate of drug-likeness (QED) is 0.188. The van der Waals surface area contributed by atoms with Crippen LogP contribution >= 0.6 is 11.3 Å². The van der Waals surface area contributed by atoms with E-state index >= 15 is 0 Å². The van der Waals surface area contributed by atoms with Crippen molar-refractivity contribution in [2.24, 2.45) is 0 Å². The number of esters is 1. The number of unbranched alkanes of at least 4 members (excludes halogenated alkanes) is 4. The molecule has 1 atom stereocenters. The number of hydrogen-bond donors (Lipinski definition) is 3. The summed E-state index contributed by atoms with van der Waals surface area (Å²) in [7, 11) is 1.32. The van der Waals surface area contributed by atoms with Gasteiger partial charge in [-0.2, -0.15) is 0 Å². The van der Waals surface area contributed by atoms with Crippen LogP contribution in [-0.2, 0) is 25.5 Å². The molecule has 0 aliphatic heterocycles. The van der Waals surface area contributed by atoms with E-state index < -0.39 is 12.0 Å². The summed E-state index contributed by atoms with van der Waals surface area (Å²) in [6.07, 6.45) is 5.05. The van der Waals surface area contributed by atoms with Crippen LogP contribution in [-0.4, -0.2) is 36.1 Å². The van der Waals surface area contributed by atoms with Gasteiger partial charge in [-0.05, 0) is 35.4 Å². The highest BCUT2D eigenvalue weighted by molar-refractivity contribution is 7.13. The minimum Gasteiger partial charge on any atom is -0.467 e. The van der Waals surface area contributed by atoms with Crippen LogP contribution in [0.4, 0.5) is 0 Å². The lowest BCUT2D eigenvalue weighted by molar-refractivity contribution is -0.145. The third-order valence-corrected chi connectivity index (χ3v) is 5.87. The molecule has 168 valence electrons. The molecule has 0 aliphatic carbocycles. The Balaban J connectivity index is 1.76. The number of amides is 2. The highest BCUT2D eigenvalue weighted by atomic mass is 32.1. The van der Waals surface area contributed by atoms with Gasteiger partial charge in [-0.1, -0.05) is 49.6 Å². The molecular formula is C23H30N2O5S. The van der Waals surface area contributed by atoms with Crippen LogP contribution in [0.15, 0.2) is 41.8 Å². The van der Waals surface area contributed by atoms with Gasteiger partial charge in [-0.3, -0.25) is 14.8 Å². The van der Waals surface area contributed by atoms with Crippen molar-refractivity contribution < 1.29 is 24.3 Å². The summed E-state index contributed by atoms with van der Waals surface area (Å²) in [5, 5.41) is 13.3. The average molecular weight is 447 g/mol. The van der Waals surface area contributed by atoms with E-state index in [2.05, 4.69) is 11.4 Å². The van der Waals surface area contributed by atoms with Gasteiger partial charge < -0.3 is 10.1 Å². The third-order valence-electron chi connectivity index (χ3n) is 4.95. The Morgan fingerprint density at radius 2 is 1.61 bits per heavy atom. The van der Waals surface area contributed by atoms with E-state index in [1.165, 1.54) is 12.0 Å². The molecule has 31 heavy (non-hydrogen) atoms. The number of nitrogens with one attached hydrogen (secondary N) is 2. The van der Waals surface area contributed by atoms with Gasteiger partial charge in [0.1, 0.15) is 6.04 Å². The summed E-state index contributed by atoms with van der Waals surface area (Å²) in [6.45, 7) is 0. The van der Waals surface area contributed by atoms with Gasteiger partial charge in [-0.15, -0.1) is 11.3 Å². The molecule has 2 amide bonds. The molecule has 2 rings (SSSR count). The van der Waals surface area contributed by atoms with E-state index in [0.717, 1.165) is 30.4 Å². The van der Waals surface area contributed by atoms with Gasteiger partial charge in [-0.25, -0.2) is 10.3 Å². The molecule has 7 nitrogen and oxygen atoms in total. The second-order valence-electron chi connectivity index (χ2n) is 7.32. The third kappa shape index (κ3) is 8.90. The fourth-order valence-corrected chi connectivity index (χ4v) is 3.98. The van der Waals surface area contributed by atoms with Crippen LogP contribution in [0, 0.1) is 0 Å². The summed E-state index contributed by atoms with van der Waals surface area (Å²) in [5.41, 5.74) is 3.68. The van der Waals surface area contributed by atoms with E-state index in [-0.39, 0.29) is 11.8 Å². The first kappa shape index (κ1) is 24.6. The van der Waals surface area contributed by atoms with E-state index in [0.29, 0.717) is 32.1 Å². The molecule has 0 saturated carbocycles. The second-order valence-corrected chi connectivity index (χ2v) is 8.27. The first-order chi connectivity index (χ1) is 15.0. The smallest absolute Gasteiger partial charge is 0.328 e. The van der Waals surface area contributed by atoms with Crippen molar-refractivity contribution in [2.45, 2.75) is 57.4 Å². The molecule has 0 unspecified atom stereocenters. The van der Waals surface area contributed by atoms with Crippen molar-refractivity contribution in [3.05, 3.63) is 47.3 Å². The molecule has 1 aromatic heterocycles. The predicted molar refractivity (Wildman–Crippen MR) is 120 cm³/mol. The largest absolute Gasteiger partial charge is 0.467 e. The monoisotopic (exact) mass is 446 g/mol. The topological polar surface area (TPSA) is 105 Å². The van der Waals surface area contributed by atoms with Crippen LogP contribution in [0.3, 0.4) is 0 Å². The van der Waals surface area contributed by atoms with Gasteiger partial charge in [0.05, 0.1) is 7.11 Å². The fourth-order valence-electron chi connectivity index (χ4n) is 3.24. The number of benzene rings is 1. The Kier molecular flexibility index (Phi) is 10.7. The number of rotatable bonds is 13. The van der Waals surface area contributed by atoms with Crippen molar-refractivity contribution in [2.75, 3.05) is 7.11 Å². The molecule has 0 fully saturated rings. The van der Waals surface area contributed by atoms with Gasteiger partial charge in [0.2, 0.25) is 11.8 Å². The van der Waals surface area contributed by atoms with E-state index in [1.807, 2.05) is 35.7 Å². The van der Waals surface area contributed by atoms with Crippen molar-refractivity contribution in [1.29, 1.82) is 0 Å². The molecular weight excluding hydrogens is 416 g/mol. The van der Waals surface area contributed by atoms with Gasteiger partial charge in [0, 0.05) is 24.1 Å². The fraction of sp³-hybridized carbons (Fsp3) is 0.435. The zero-order valence-electron chi connectivity index (χ0n) is 17.8. The van der Waals surface area contributed by atoms with Crippen molar-refractivity contribution >= 4 is 29.1 Å². The van der Waals surface area contributed by atoms with E-state index in [4.69, 9.17) is 9.94 Å². The zero-order chi connectivity index (χ0) is 22.5. The molecule has 0 spiro atoms. The number of ether oxygens (including phenoxy) is 1. The number of carbonyl (C=O) groups is 3. The van der Waals surface area contributed by atoms with Crippen molar-refractivity contribution in [3.63, 3.8) is 0 Å². The van der Waals surface area contributed by atoms with Crippen LogP contribution in [0.1, 0.15) is 50.5 Å². The van der Waals surface area contributed by atoms with E-state index in [1.54, 1.807) is 16.8 Å². The first-order valence-electron chi connectivity index (χ1n) is 10.5. The first-order valence-corrected chi connectivity index (χ1v) is 11.3. The van der Waals surface area contributed by atoms with Crippen molar-refractivity contribution in [3.8, 4) is 10.4 Å². The highest BCUT2D eigenvalue weighted by Gasteiger charge is 2.21. The molecule has 0 aliphatic rings. The SMILES string of the molecule is COC(=O)[C@H](Cc1ccc(-c2cccs2)cc1)NC(=O)CCCCCCCC(=O)NO. The minimum absolute atomic E-state index is 0.176. The summed E-state index contributed by atoms with van der Waals surface area (Å²) in [6, 6.07) is 11.3. The van der Waals surface area contributed by atoms with Crippen LogP contribution in [0.2, 0.25) is 0 Å². The Hall–Kier alpha value is -2.71. The molecule has 0 saturated heterocycles. The number of hydrogen-bond acceptors (Lipinski definition) is 6. The molecule has 1 aromatic carbocycles. The lowest BCUT2D eigenvalue weighted by Gasteiger charge is -2.17. The Bertz CT molecular complexity index is 821. The minimum atomic E-state index is -0.720. The van der Waals surface area contributed by atoms with E-state index in [9.17, 15) is 14.4 Å². The Morgan fingerprint density at radius 1 is 0.968 bits per heavy atom. The highest BCUT2D eigenvalue weighted by Crippen LogP contribution is 2.25. The average Bonchev–Trinajstić information content (AvgIpc) is 3.32. The lowest BCUT2D eigenvalue weighted by atomic mass is 10.0. The second kappa shape index (κ2) is 13.6. The lowest BCUT2D eigenvalue weighted by Crippen LogP contribution is -2.43. The molecule has 3 N–H and O–H groups in total. The van der Waals surface area contributed by atoms with Crippen LogP contribution in [0.25, 0.3) is 10.4 Å². The Labute approximate surface area is 186 Å². The van der Waals surface area contributed by atoms with Crippen molar-refractivity contribution in [1.82, 2.24) is 10.8 Å². The molecule has 2 aromatic rings. The maximum absolute atomic E-state index is 12.3. The number of methoxy groups -OCH3 is 1. The summed E-state index contributed by atoms with van der Waals surface area (Å²) >= 11 is 1.67. The maximum Gasteiger partial charge on any atom is 0.328 e. The standard InChI is InChI=1S/C23H30N2O5S/c1-30-23(28)19(16-17-11-13-18(14-12-17)20-8-7-15-31-20)24-21(26)9-5-3-2-4-6-10-22(27)25-29/h7-8,11-15,19,29H,2-6,9-10,16H2,1H3,(H,24,26)(H,25,27)/t19-/m0/s1. The number of hydroxylamine groups is 1. The normalized spacial score (nSPS) is 11.5. The van der Waals surface area contributed by atoms with Crippen LogP contribution in [0.5, 0.6) is 0 Å². The maximum atomic E-state index is 12.3. The summed E-state index contributed by atoms with van der Waals surface area (Å²) < 4.78 is 4.86. The van der Waals surface area contributed by atoms with Gasteiger partial charge in [0.15, 0.2) is 0 Å². The summed E-state index contributed by atoms with van der Waals surface area (Å²) in [5.74, 6) is -1.02. The molecule has 0 bridgehead atoms. The molecule has 0 radical (unpaired) electrons. The Morgan fingerprint density at radius 3 is 2.19 bits per heavy atom. The van der Waals surface area contributed by atoms with Gasteiger partial charge >= 0.3 is 5.97 Å². The van der Waals surface area contributed by atoms with Gasteiger partial charge in [0.25, 0.3) is 0 Å². The summed E-state index contributed by atoms with van der Waals surface area (Å²) in [4.78, 5) is 36.5. The molecule has 1 heterocycles. The molecule has 8 heteroatoms. The van der Waals surface area contributed by atoms with Crippen LogP contribution < -0.4 is 10.8 Å². The number of carbonyl (C=O) groups excluding carboxylic acids is 3. The number of thiophene rings is 1.